The van der Waals surface area contributed by atoms with E-state index in [1.165, 1.54) is 13.8 Å². The zero-order chi connectivity index (χ0) is 10.2. The fourth-order valence-corrected chi connectivity index (χ4v) is 1.21. The fraction of sp³-hybridized carbons (Fsp3) is 0.300. The average molecular weight is 184 g/mol. The first-order chi connectivity index (χ1) is 5.95. The number of hydrogen-bond donors (Lipinski definition) is 0. The Bertz CT molecular complexity index is 370. The zero-order valence-corrected chi connectivity index (χ0v) is 7.74. The van der Waals surface area contributed by atoms with Crippen molar-refractivity contribution in [3.63, 3.8) is 0 Å². The van der Waals surface area contributed by atoms with Crippen LogP contribution in [0.25, 0.3) is 0 Å². The molecule has 0 radical (unpaired) electrons. The molecule has 3 heteroatoms. The van der Waals surface area contributed by atoms with Crippen molar-refractivity contribution >= 4 is 5.78 Å². The van der Waals surface area contributed by atoms with E-state index < -0.39 is 11.6 Å². The summed E-state index contributed by atoms with van der Waals surface area (Å²) in [5, 5.41) is 0. The number of hydrogen-bond acceptors (Lipinski definition) is 1. The first-order valence-corrected chi connectivity index (χ1v) is 3.91. The van der Waals surface area contributed by atoms with Gasteiger partial charge in [0.2, 0.25) is 0 Å². The quantitative estimate of drug-likeness (QED) is 0.613. The lowest BCUT2D eigenvalue weighted by molar-refractivity contribution is 0.101. The minimum Gasteiger partial charge on any atom is -0.294 e. The SMILES string of the molecule is CC(=O)c1cc(F)c(F)c(C)c1C. The molecule has 0 bridgehead atoms. The van der Waals surface area contributed by atoms with Crippen LogP contribution in [0.3, 0.4) is 0 Å². The molecule has 0 atom stereocenters. The van der Waals surface area contributed by atoms with E-state index in [1.54, 1.807) is 6.92 Å². The second-order valence-electron chi connectivity index (χ2n) is 3.03. The summed E-state index contributed by atoms with van der Waals surface area (Å²) in [6, 6.07) is 0.944. The first-order valence-electron chi connectivity index (χ1n) is 3.91. The van der Waals surface area contributed by atoms with E-state index in [4.69, 9.17) is 0 Å². The van der Waals surface area contributed by atoms with Gasteiger partial charge < -0.3 is 0 Å². The third-order valence-corrected chi connectivity index (χ3v) is 2.16. The van der Waals surface area contributed by atoms with Crippen LogP contribution in [0.1, 0.15) is 28.4 Å². The monoisotopic (exact) mass is 184 g/mol. The van der Waals surface area contributed by atoms with Crippen LogP contribution in [-0.4, -0.2) is 5.78 Å². The standard InChI is InChI=1S/C10H10F2O/c1-5-6(2)10(12)9(11)4-8(5)7(3)13/h4H,1-3H3. The van der Waals surface area contributed by atoms with Gasteiger partial charge in [-0.1, -0.05) is 0 Å². The Morgan fingerprint density at radius 1 is 1.23 bits per heavy atom. The Balaban J connectivity index is 3.50. The van der Waals surface area contributed by atoms with Crippen molar-refractivity contribution in [3.05, 3.63) is 34.4 Å². The molecular weight excluding hydrogens is 174 g/mol. The predicted octanol–water partition coefficient (Wildman–Crippen LogP) is 2.78. The molecule has 0 aliphatic carbocycles. The van der Waals surface area contributed by atoms with E-state index in [2.05, 4.69) is 0 Å². The number of halogens is 2. The molecule has 0 aliphatic heterocycles. The Hall–Kier alpha value is -1.25. The fourth-order valence-electron chi connectivity index (χ4n) is 1.21. The normalized spacial score (nSPS) is 10.2. The Morgan fingerprint density at radius 2 is 1.77 bits per heavy atom. The third-order valence-electron chi connectivity index (χ3n) is 2.16. The summed E-state index contributed by atoms with van der Waals surface area (Å²) in [6.07, 6.45) is 0. The average Bonchev–Trinajstić information content (AvgIpc) is 2.07. The van der Waals surface area contributed by atoms with Crippen molar-refractivity contribution < 1.29 is 13.6 Å². The van der Waals surface area contributed by atoms with Gasteiger partial charge in [-0.05, 0) is 38.0 Å². The second-order valence-corrected chi connectivity index (χ2v) is 3.03. The Morgan fingerprint density at radius 3 is 2.23 bits per heavy atom. The highest BCUT2D eigenvalue weighted by Gasteiger charge is 2.14. The van der Waals surface area contributed by atoms with Crippen LogP contribution in [0, 0.1) is 25.5 Å². The number of Topliss-reactive ketones (excluding diaryl/α,β-unsaturated/α-hetero) is 1. The van der Waals surface area contributed by atoms with Gasteiger partial charge in [-0.2, -0.15) is 0 Å². The van der Waals surface area contributed by atoms with Gasteiger partial charge in [0.05, 0.1) is 0 Å². The molecule has 1 nitrogen and oxygen atoms in total. The lowest BCUT2D eigenvalue weighted by atomic mass is 10.00. The van der Waals surface area contributed by atoms with Gasteiger partial charge in [0.15, 0.2) is 17.4 Å². The van der Waals surface area contributed by atoms with Crippen LogP contribution >= 0.6 is 0 Å². The molecule has 1 rings (SSSR count). The molecule has 13 heavy (non-hydrogen) atoms. The van der Waals surface area contributed by atoms with Crippen molar-refractivity contribution in [3.8, 4) is 0 Å². The van der Waals surface area contributed by atoms with Crippen molar-refractivity contribution in [2.24, 2.45) is 0 Å². The molecule has 0 fully saturated rings. The van der Waals surface area contributed by atoms with Gasteiger partial charge in [-0.25, -0.2) is 8.78 Å². The van der Waals surface area contributed by atoms with Crippen molar-refractivity contribution in [2.45, 2.75) is 20.8 Å². The molecule has 0 aromatic heterocycles. The van der Waals surface area contributed by atoms with Crippen molar-refractivity contribution in [1.82, 2.24) is 0 Å². The summed E-state index contributed by atoms with van der Waals surface area (Å²) in [5.74, 6) is -2.09. The van der Waals surface area contributed by atoms with Gasteiger partial charge in [-0.15, -0.1) is 0 Å². The summed E-state index contributed by atoms with van der Waals surface area (Å²) >= 11 is 0. The number of carbonyl (C=O) groups is 1. The lowest BCUT2D eigenvalue weighted by Crippen LogP contribution is -2.03. The van der Waals surface area contributed by atoms with E-state index >= 15 is 0 Å². The van der Waals surface area contributed by atoms with Crippen molar-refractivity contribution in [1.29, 1.82) is 0 Å². The molecule has 0 spiro atoms. The topological polar surface area (TPSA) is 17.1 Å². The van der Waals surface area contributed by atoms with E-state index in [-0.39, 0.29) is 16.9 Å². The molecule has 0 amide bonds. The number of ketones is 1. The Kier molecular flexibility index (Phi) is 2.45. The highest BCUT2D eigenvalue weighted by atomic mass is 19.2. The van der Waals surface area contributed by atoms with E-state index in [1.807, 2.05) is 0 Å². The van der Waals surface area contributed by atoms with Crippen LogP contribution in [0.5, 0.6) is 0 Å². The molecule has 0 aliphatic rings. The predicted molar refractivity (Wildman–Crippen MR) is 45.8 cm³/mol. The summed E-state index contributed by atoms with van der Waals surface area (Å²) in [5.41, 5.74) is 0.952. The zero-order valence-electron chi connectivity index (χ0n) is 7.74. The van der Waals surface area contributed by atoms with E-state index in [9.17, 15) is 13.6 Å². The smallest absolute Gasteiger partial charge is 0.162 e. The summed E-state index contributed by atoms with van der Waals surface area (Å²) in [4.78, 5) is 11.0. The number of carbonyl (C=O) groups excluding carboxylic acids is 1. The minimum atomic E-state index is -0.965. The molecule has 0 heterocycles. The Labute approximate surface area is 75.4 Å². The molecular formula is C10H10F2O. The number of rotatable bonds is 1. The van der Waals surface area contributed by atoms with Gasteiger partial charge in [-0.3, -0.25) is 4.79 Å². The molecule has 1 aromatic carbocycles. The summed E-state index contributed by atoms with van der Waals surface area (Å²) in [7, 11) is 0. The largest absolute Gasteiger partial charge is 0.294 e. The maximum atomic E-state index is 12.9. The molecule has 70 valence electrons. The maximum absolute atomic E-state index is 12.9. The summed E-state index contributed by atoms with van der Waals surface area (Å²) in [6.45, 7) is 4.40. The molecule has 0 N–H and O–H groups in total. The van der Waals surface area contributed by atoms with Crippen LogP contribution in [-0.2, 0) is 0 Å². The van der Waals surface area contributed by atoms with Crippen LogP contribution in [0.4, 0.5) is 8.78 Å². The molecule has 0 saturated heterocycles. The molecule has 0 unspecified atom stereocenters. The van der Waals surface area contributed by atoms with Gasteiger partial charge >= 0.3 is 0 Å². The lowest BCUT2D eigenvalue weighted by Gasteiger charge is -2.07. The molecule has 1 aromatic rings. The second kappa shape index (κ2) is 3.24. The third kappa shape index (κ3) is 1.59. The van der Waals surface area contributed by atoms with Crippen LogP contribution in [0.15, 0.2) is 6.07 Å². The number of benzene rings is 1. The van der Waals surface area contributed by atoms with Crippen molar-refractivity contribution in [2.75, 3.05) is 0 Å². The van der Waals surface area contributed by atoms with Gasteiger partial charge in [0.25, 0.3) is 0 Å². The van der Waals surface area contributed by atoms with E-state index in [0.29, 0.717) is 5.56 Å². The van der Waals surface area contributed by atoms with Crippen LogP contribution in [0.2, 0.25) is 0 Å². The minimum absolute atomic E-state index is 0.199. The maximum Gasteiger partial charge on any atom is 0.162 e. The highest BCUT2D eigenvalue weighted by molar-refractivity contribution is 5.95. The first kappa shape index (κ1) is 9.84. The van der Waals surface area contributed by atoms with Gasteiger partial charge in [0, 0.05) is 5.56 Å². The van der Waals surface area contributed by atoms with Gasteiger partial charge in [0.1, 0.15) is 0 Å². The highest BCUT2D eigenvalue weighted by Crippen LogP contribution is 2.20. The molecule has 0 saturated carbocycles. The summed E-state index contributed by atoms with van der Waals surface area (Å²) < 4.78 is 25.8. The van der Waals surface area contributed by atoms with Crippen LogP contribution < -0.4 is 0 Å². The van der Waals surface area contributed by atoms with E-state index in [0.717, 1.165) is 6.07 Å².